The Labute approximate surface area is 223 Å². The zero-order chi connectivity index (χ0) is 27.5. The second-order valence-electron chi connectivity index (χ2n) is 9.36. The number of carbonyl (C=O) groups excluding carboxylic acids is 4. The van der Waals surface area contributed by atoms with Crippen LogP contribution in [-0.4, -0.2) is 60.2 Å². The summed E-state index contributed by atoms with van der Waals surface area (Å²) in [5.41, 5.74) is 2.93. The Morgan fingerprint density at radius 1 is 1.11 bits per heavy atom. The van der Waals surface area contributed by atoms with Crippen LogP contribution in [0.3, 0.4) is 0 Å². The highest BCUT2D eigenvalue weighted by Crippen LogP contribution is 2.37. The molecular formula is C26H32F2N4O5S. The molecule has 3 N–H and O–H groups in total. The zero-order valence-corrected chi connectivity index (χ0v) is 21.9. The Hall–Kier alpha value is -3.25. The molecule has 0 bridgehead atoms. The number of hydrogen-bond donors (Lipinski definition) is 3. The molecule has 206 valence electrons. The van der Waals surface area contributed by atoms with E-state index in [0.29, 0.717) is 5.69 Å². The van der Waals surface area contributed by atoms with Crippen molar-refractivity contribution >= 4 is 34.8 Å². The van der Waals surface area contributed by atoms with Gasteiger partial charge in [0.05, 0.1) is 24.4 Å². The van der Waals surface area contributed by atoms with Gasteiger partial charge in [-0.2, -0.15) is 0 Å². The van der Waals surface area contributed by atoms with E-state index in [4.69, 9.17) is 4.74 Å². The maximum atomic E-state index is 13.4. The van der Waals surface area contributed by atoms with Crippen LogP contribution in [0.4, 0.5) is 8.78 Å². The average Bonchev–Trinajstić information content (AvgIpc) is 3.42. The first kappa shape index (κ1) is 29.3. The fraction of sp³-hybridized carbons (Fsp3) is 0.500. The van der Waals surface area contributed by atoms with Gasteiger partial charge >= 0.3 is 0 Å². The summed E-state index contributed by atoms with van der Waals surface area (Å²) < 4.78 is 31.9. The van der Waals surface area contributed by atoms with Crippen LogP contribution in [0.2, 0.25) is 0 Å². The molecule has 1 heterocycles. The Morgan fingerprint density at radius 2 is 1.82 bits per heavy atom. The number of aromatic nitrogens is 1. The molecule has 0 unspecified atom stereocenters. The van der Waals surface area contributed by atoms with Crippen LogP contribution in [0, 0.1) is 5.92 Å². The summed E-state index contributed by atoms with van der Waals surface area (Å²) in [4.78, 5) is 55.4. The molecule has 38 heavy (non-hydrogen) atoms. The van der Waals surface area contributed by atoms with E-state index >= 15 is 0 Å². The molecule has 0 radical (unpaired) electrons. The molecule has 1 aliphatic carbocycles. The average molecular weight is 551 g/mol. The van der Waals surface area contributed by atoms with Crippen molar-refractivity contribution in [3.8, 4) is 0 Å². The van der Waals surface area contributed by atoms with E-state index < -0.39 is 41.5 Å². The lowest BCUT2D eigenvalue weighted by atomic mass is 9.84. The summed E-state index contributed by atoms with van der Waals surface area (Å²) >= 11 is 1.36. The first-order chi connectivity index (χ1) is 18.2. The molecule has 0 spiro atoms. The molecule has 3 amide bonds. The number of carbonyl (C=O) groups is 4. The van der Waals surface area contributed by atoms with Crippen molar-refractivity contribution in [1.82, 2.24) is 20.9 Å². The van der Waals surface area contributed by atoms with E-state index in [-0.39, 0.29) is 57.6 Å². The van der Waals surface area contributed by atoms with Crippen molar-refractivity contribution in [2.24, 2.45) is 5.92 Å². The molecular weight excluding hydrogens is 518 g/mol. The van der Waals surface area contributed by atoms with Crippen molar-refractivity contribution < 1.29 is 32.7 Å². The SMILES string of the molecule is COC[C@@H](NC(=O)CC1CCC(F)(F)CC1)C(=O)N[C@H](Cc1ccccc1)C(=O)C(=O)NCc1cscn1. The summed E-state index contributed by atoms with van der Waals surface area (Å²) in [7, 11) is 1.36. The lowest BCUT2D eigenvalue weighted by Gasteiger charge is -2.28. The fourth-order valence-corrected chi connectivity index (χ4v) is 4.80. The van der Waals surface area contributed by atoms with E-state index in [0.717, 1.165) is 5.56 Å². The maximum absolute atomic E-state index is 13.4. The molecule has 3 rings (SSSR count). The lowest BCUT2D eigenvalue weighted by Crippen LogP contribution is -2.56. The van der Waals surface area contributed by atoms with E-state index in [2.05, 4.69) is 20.9 Å². The number of halogens is 2. The molecule has 1 fully saturated rings. The summed E-state index contributed by atoms with van der Waals surface area (Å²) in [6.45, 7) is -0.113. The van der Waals surface area contributed by atoms with Crippen LogP contribution in [-0.2, 0) is 36.9 Å². The molecule has 1 aliphatic rings. The Balaban J connectivity index is 1.63. The van der Waals surface area contributed by atoms with E-state index in [9.17, 15) is 28.0 Å². The predicted octanol–water partition coefficient (Wildman–Crippen LogP) is 2.40. The number of methoxy groups -OCH3 is 1. The van der Waals surface area contributed by atoms with Crippen molar-refractivity contribution in [2.75, 3.05) is 13.7 Å². The van der Waals surface area contributed by atoms with Gasteiger partial charge < -0.3 is 20.7 Å². The van der Waals surface area contributed by atoms with Crippen LogP contribution >= 0.6 is 11.3 Å². The second kappa shape index (κ2) is 14.1. The molecule has 2 aromatic rings. The zero-order valence-electron chi connectivity index (χ0n) is 21.1. The van der Waals surface area contributed by atoms with Crippen LogP contribution in [0.5, 0.6) is 0 Å². The Morgan fingerprint density at radius 3 is 2.45 bits per heavy atom. The number of ketones is 1. The van der Waals surface area contributed by atoms with E-state index in [1.807, 2.05) is 0 Å². The molecule has 12 heteroatoms. The molecule has 9 nitrogen and oxygen atoms in total. The Kier molecular flexibility index (Phi) is 10.8. The maximum Gasteiger partial charge on any atom is 0.289 e. The third kappa shape index (κ3) is 9.25. The topological polar surface area (TPSA) is 126 Å². The van der Waals surface area contributed by atoms with Crippen LogP contribution in [0.1, 0.15) is 43.4 Å². The number of ether oxygens (including phenoxy) is 1. The minimum Gasteiger partial charge on any atom is -0.382 e. The van der Waals surface area contributed by atoms with Gasteiger partial charge in [-0.15, -0.1) is 11.3 Å². The van der Waals surface area contributed by atoms with Gasteiger partial charge in [-0.25, -0.2) is 13.8 Å². The van der Waals surface area contributed by atoms with Gasteiger partial charge in [-0.3, -0.25) is 19.2 Å². The summed E-state index contributed by atoms with van der Waals surface area (Å²) in [5.74, 6) is -5.78. The number of Topliss-reactive ketones (excluding diaryl/α,β-unsaturated/α-hetero) is 1. The molecule has 0 aliphatic heterocycles. The van der Waals surface area contributed by atoms with Gasteiger partial charge in [0.2, 0.25) is 23.5 Å². The standard InChI is InChI=1S/C26H32F2N4O5S/c1-37-14-21(31-22(33)12-18-7-9-26(27,28)10-8-18)24(35)32-20(11-17-5-3-2-4-6-17)23(34)25(36)29-13-19-15-38-16-30-19/h2-6,15-16,18,20-21H,7-14H2,1H3,(H,29,36)(H,31,33)(H,32,35)/t20-,21-/m1/s1. The third-order valence-corrected chi connectivity index (χ3v) is 6.98. The first-order valence-corrected chi connectivity index (χ1v) is 13.3. The molecule has 1 aromatic carbocycles. The largest absolute Gasteiger partial charge is 0.382 e. The highest BCUT2D eigenvalue weighted by atomic mass is 32.1. The number of nitrogens with one attached hydrogen (secondary N) is 3. The number of rotatable bonds is 13. The van der Waals surface area contributed by atoms with Crippen molar-refractivity contribution in [2.45, 2.75) is 63.1 Å². The van der Waals surface area contributed by atoms with Crippen LogP contribution in [0.15, 0.2) is 41.2 Å². The smallest absolute Gasteiger partial charge is 0.289 e. The summed E-state index contributed by atoms with van der Waals surface area (Å²) in [6.07, 6.45) is -0.00755. The fourth-order valence-electron chi connectivity index (χ4n) is 4.24. The molecule has 1 aromatic heterocycles. The number of hydrogen-bond acceptors (Lipinski definition) is 7. The number of thiazole rings is 1. The molecule has 2 atom stereocenters. The highest BCUT2D eigenvalue weighted by molar-refractivity contribution is 7.07. The number of benzene rings is 1. The lowest BCUT2D eigenvalue weighted by molar-refractivity contribution is -0.140. The van der Waals surface area contributed by atoms with Crippen LogP contribution in [0.25, 0.3) is 0 Å². The van der Waals surface area contributed by atoms with E-state index in [1.54, 1.807) is 41.2 Å². The van der Waals surface area contributed by atoms with Gasteiger partial charge in [-0.05, 0) is 24.3 Å². The van der Waals surface area contributed by atoms with Gasteiger partial charge in [0.25, 0.3) is 5.91 Å². The highest BCUT2D eigenvalue weighted by Gasteiger charge is 2.36. The van der Waals surface area contributed by atoms with Gasteiger partial charge in [0, 0.05) is 38.2 Å². The quantitative estimate of drug-likeness (QED) is 0.329. The molecule has 1 saturated carbocycles. The first-order valence-electron chi connectivity index (χ1n) is 12.4. The summed E-state index contributed by atoms with van der Waals surface area (Å²) in [5, 5.41) is 9.43. The number of amides is 3. The number of alkyl halides is 2. The second-order valence-corrected chi connectivity index (χ2v) is 10.1. The third-order valence-electron chi connectivity index (χ3n) is 6.35. The van der Waals surface area contributed by atoms with Crippen LogP contribution < -0.4 is 16.0 Å². The van der Waals surface area contributed by atoms with Crippen molar-refractivity contribution in [1.29, 1.82) is 0 Å². The summed E-state index contributed by atoms with van der Waals surface area (Å²) in [6, 6.07) is 6.55. The van der Waals surface area contributed by atoms with Gasteiger partial charge in [0.1, 0.15) is 12.1 Å². The van der Waals surface area contributed by atoms with E-state index in [1.165, 1.54) is 18.4 Å². The van der Waals surface area contributed by atoms with Crippen molar-refractivity contribution in [3.05, 3.63) is 52.5 Å². The minimum atomic E-state index is -2.70. The Bertz CT molecular complexity index is 1070. The van der Waals surface area contributed by atoms with Gasteiger partial charge in [0.15, 0.2) is 0 Å². The number of nitrogens with zero attached hydrogens (tertiary/aromatic N) is 1. The van der Waals surface area contributed by atoms with Crippen molar-refractivity contribution in [3.63, 3.8) is 0 Å². The monoisotopic (exact) mass is 550 g/mol. The predicted molar refractivity (Wildman–Crippen MR) is 136 cm³/mol. The minimum absolute atomic E-state index is 0.00890. The normalized spacial score (nSPS) is 16.7. The molecule has 0 saturated heterocycles. The van der Waals surface area contributed by atoms with Gasteiger partial charge in [-0.1, -0.05) is 30.3 Å².